The number of rotatable bonds is 8. The Morgan fingerprint density at radius 3 is 2.52 bits per heavy atom. The average molecular weight is 423 g/mol. The molecule has 1 aliphatic heterocycles. The zero-order valence-corrected chi connectivity index (χ0v) is 18.0. The molecule has 3 aromatic rings. The van der Waals surface area contributed by atoms with E-state index in [4.69, 9.17) is 8.83 Å². The fourth-order valence-electron chi connectivity index (χ4n) is 4.12. The Morgan fingerprint density at radius 2 is 1.87 bits per heavy atom. The number of hydrogen-bond donors (Lipinski definition) is 2. The van der Waals surface area contributed by atoms with Crippen molar-refractivity contribution in [3.8, 4) is 0 Å². The van der Waals surface area contributed by atoms with Gasteiger partial charge in [0.1, 0.15) is 23.1 Å². The first-order valence-corrected chi connectivity index (χ1v) is 10.6. The minimum atomic E-state index is -0.795. The van der Waals surface area contributed by atoms with Crippen molar-refractivity contribution in [2.24, 2.45) is 0 Å². The zero-order chi connectivity index (χ0) is 22.1. The van der Waals surface area contributed by atoms with Crippen LogP contribution in [0.1, 0.15) is 42.0 Å². The molecule has 0 saturated carbocycles. The van der Waals surface area contributed by atoms with Gasteiger partial charge >= 0.3 is 0 Å². The van der Waals surface area contributed by atoms with Crippen molar-refractivity contribution >= 4 is 22.7 Å². The number of hydrogen-bond acceptors (Lipinski definition) is 5. The van der Waals surface area contributed by atoms with E-state index in [1.54, 1.807) is 31.2 Å². The van der Waals surface area contributed by atoms with Gasteiger partial charge in [0.15, 0.2) is 11.5 Å². The van der Waals surface area contributed by atoms with E-state index in [0.29, 0.717) is 30.2 Å². The lowest BCUT2D eigenvalue weighted by Crippen LogP contribution is -3.12. The molecule has 0 bridgehead atoms. The smallest absolute Gasteiger partial charge is 0.290 e. The Labute approximate surface area is 180 Å². The summed E-state index contributed by atoms with van der Waals surface area (Å²) in [5, 5.41) is 11.5. The molecule has 0 spiro atoms. The monoisotopic (exact) mass is 423 g/mol. The summed E-state index contributed by atoms with van der Waals surface area (Å²) in [4.78, 5) is 29.3. The van der Waals surface area contributed by atoms with E-state index in [1.807, 2.05) is 18.2 Å². The predicted octanol–water partition coefficient (Wildman–Crippen LogP) is 2.84. The number of para-hydroxylation sites is 1. The van der Waals surface area contributed by atoms with Gasteiger partial charge in [-0.3, -0.25) is 9.59 Å². The van der Waals surface area contributed by atoms with Gasteiger partial charge < -0.3 is 23.7 Å². The van der Waals surface area contributed by atoms with E-state index < -0.39 is 23.5 Å². The Balaban J connectivity index is 1.73. The fourth-order valence-corrected chi connectivity index (χ4v) is 4.12. The number of aryl methyl sites for hydroxylation is 1. The van der Waals surface area contributed by atoms with Crippen LogP contribution in [0, 0.1) is 6.92 Å². The SMILES string of the molecule is CC[NH+](CC)CCN1C(=O)C(O)=C(C(=O)c2cc3ccccc3o2)[C@@H]1c1ccc(C)o1. The highest BCUT2D eigenvalue weighted by Gasteiger charge is 2.46. The normalized spacial score (nSPS) is 16.8. The Hall–Kier alpha value is -3.32. The van der Waals surface area contributed by atoms with Crippen LogP contribution in [0.3, 0.4) is 0 Å². The molecule has 0 unspecified atom stereocenters. The van der Waals surface area contributed by atoms with Crippen molar-refractivity contribution in [2.75, 3.05) is 26.2 Å². The molecule has 2 aromatic heterocycles. The van der Waals surface area contributed by atoms with Crippen molar-refractivity contribution in [3.63, 3.8) is 0 Å². The summed E-state index contributed by atoms with van der Waals surface area (Å²) in [6, 6.07) is 11.7. The third-order valence-electron chi connectivity index (χ3n) is 5.93. The molecule has 31 heavy (non-hydrogen) atoms. The molecule has 2 N–H and O–H groups in total. The molecule has 1 atom stereocenters. The zero-order valence-electron chi connectivity index (χ0n) is 18.0. The van der Waals surface area contributed by atoms with E-state index in [9.17, 15) is 14.7 Å². The second kappa shape index (κ2) is 8.43. The van der Waals surface area contributed by atoms with Gasteiger partial charge in [0.2, 0.25) is 5.78 Å². The van der Waals surface area contributed by atoms with Crippen LogP contribution in [0.15, 0.2) is 62.6 Å². The van der Waals surface area contributed by atoms with Gasteiger partial charge in [0.25, 0.3) is 5.91 Å². The van der Waals surface area contributed by atoms with Crippen LogP contribution < -0.4 is 4.90 Å². The molecule has 0 saturated heterocycles. The summed E-state index contributed by atoms with van der Waals surface area (Å²) in [5.41, 5.74) is 0.565. The van der Waals surface area contributed by atoms with Crippen molar-refractivity contribution in [3.05, 3.63) is 71.1 Å². The average Bonchev–Trinajstić information content (AvgIpc) is 3.46. The van der Waals surface area contributed by atoms with Gasteiger partial charge in [0, 0.05) is 5.39 Å². The number of Topliss-reactive ketones (excluding diaryl/α,β-unsaturated/α-hetero) is 1. The lowest BCUT2D eigenvalue weighted by Gasteiger charge is -2.26. The second-order valence-corrected chi connectivity index (χ2v) is 7.80. The van der Waals surface area contributed by atoms with E-state index in [2.05, 4.69) is 13.8 Å². The summed E-state index contributed by atoms with van der Waals surface area (Å²) < 4.78 is 11.5. The number of nitrogens with one attached hydrogen (secondary N) is 1. The van der Waals surface area contributed by atoms with Crippen LogP contribution in [0.25, 0.3) is 11.0 Å². The van der Waals surface area contributed by atoms with Gasteiger partial charge in [-0.05, 0) is 45.0 Å². The fraction of sp³-hybridized carbons (Fsp3) is 0.333. The van der Waals surface area contributed by atoms with E-state index >= 15 is 0 Å². The van der Waals surface area contributed by atoms with Gasteiger partial charge in [-0.2, -0.15) is 0 Å². The number of likely N-dealkylation sites (N-methyl/N-ethyl adjacent to an activating group) is 1. The number of ketones is 1. The molecule has 1 amide bonds. The number of fused-ring (bicyclic) bond motifs is 1. The van der Waals surface area contributed by atoms with Gasteiger partial charge in [-0.1, -0.05) is 18.2 Å². The van der Waals surface area contributed by atoms with Crippen LogP contribution in [-0.2, 0) is 4.79 Å². The minimum Gasteiger partial charge on any atom is -0.503 e. The summed E-state index contributed by atoms with van der Waals surface area (Å²) >= 11 is 0. The number of aliphatic hydroxyl groups excluding tert-OH is 1. The highest BCUT2D eigenvalue weighted by atomic mass is 16.4. The van der Waals surface area contributed by atoms with E-state index in [0.717, 1.165) is 18.5 Å². The van der Waals surface area contributed by atoms with Crippen molar-refractivity contribution < 1.29 is 28.4 Å². The highest BCUT2D eigenvalue weighted by Crippen LogP contribution is 2.39. The molecule has 162 valence electrons. The molecular weight excluding hydrogens is 396 g/mol. The molecule has 0 radical (unpaired) electrons. The van der Waals surface area contributed by atoms with Gasteiger partial charge in [-0.15, -0.1) is 0 Å². The van der Waals surface area contributed by atoms with Crippen LogP contribution in [0.5, 0.6) is 0 Å². The summed E-state index contributed by atoms with van der Waals surface area (Å²) in [6.07, 6.45) is 0. The maximum atomic E-state index is 13.4. The molecule has 4 rings (SSSR count). The molecule has 3 heterocycles. The molecule has 0 fully saturated rings. The summed E-state index contributed by atoms with van der Waals surface area (Å²) in [7, 11) is 0. The predicted molar refractivity (Wildman–Crippen MR) is 115 cm³/mol. The third-order valence-corrected chi connectivity index (χ3v) is 5.93. The summed E-state index contributed by atoms with van der Waals surface area (Å²) in [5.74, 6) is -0.425. The molecule has 0 aliphatic carbocycles. The Bertz CT molecular complexity index is 1120. The van der Waals surface area contributed by atoms with E-state index in [1.165, 1.54) is 9.80 Å². The van der Waals surface area contributed by atoms with Crippen molar-refractivity contribution in [1.82, 2.24) is 4.90 Å². The first-order valence-electron chi connectivity index (χ1n) is 10.6. The number of benzene rings is 1. The number of aliphatic hydroxyl groups is 1. The standard InChI is InChI=1S/C24H26N2O5/c1-4-25(5-2)12-13-26-21(18-11-10-15(3)30-18)20(23(28)24(26)29)22(27)19-14-16-8-6-7-9-17(16)31-19/h6-11,14,21,28H,4-5,12-13H2,1-3H3/p+1/t21-/m0/s1. The highest BCUT2D eigenvalue weighted by molar-refractivity contribution is 6.15. The van der Waals surface area contributed by atoms with Crippen LogP contribution in [0.4, 0.5) is 0 Å². The van der Waals surface area contributed by atoms with Crippen LogP contribution in [-0.4, -0.2) is 47.9 Å². The second-order valence-electron chi connectivity index (χ2n) is 7.80. The van der Waals surface area contributed by atoms with E-state index in [-0.39, 0.29) is 11.3 Å². The molecule has 7 nitrogen and oxygen atoms in total. The van der Waals surface area contributed by atoms with Crippen LogP contribution in [0.2, 0.25) is 0 Å². The molecule has 7 heteroatoms. The Morgan fingerprint density at radius 1 is 1.13 bits per heavy atom. The number of quaternary nitrogens is 1. The van der Waals surface area contributed by atoms with Crippen molar-refractivity contribution in [1.29, 1.82) is 0 Å². The quantitative estimate of drug-likeness (QED) is 0.544. The van der Waals surface area contributed by atoms with Crippen molar-refractivity contribution in [2.45, 2.75) is 26.8 Å². The lowest BCUT2D eigenvalue weighted by molar-refractivity contribution is -0.895. The number of carbonyl (C=O) groups excluding carboxylic acids is 2. The summed E-state index contributed by atoms with van der Waals surface area (Å²) in [6.45, 7) is 8.92. The van der Waals surface area contributed by atoms with Gasteiger partial charge in [0.05, 0.1) is 31.8 Å². The minimum absolute atomic E-state index is 0.00652. The number of carbonyl (C=O) groups is 2. The Kier molecular flexibility index (Phi) is 5.69. The maximum absolute atomic E-state index is 13.4. The molecule has 1 aliphatic rings. The number of furan rings is 2. The number of amides is 1. The van der Waals surface area contributed by atoms with Gasteiger partial charge in [-0.25, -0.2) is 0 Å². The maximum Gasteiger partial charge on any atom is 0.290 e. The molecular formula is C24H27N2O5+. The largest absolute Gasteiger partial charge is 0.503 e. The topological polar surface area (TPSA) is 88.3 Å². The number of nitrogens with zero attached hydrogens (tertiary/aromatic N) is 1. The first kappa shape index (κ1) is 20.9. The molecule has 1 aromatic carbocycles. The van der Waals surface area contributed by atoms with Crippen LogP contribution >= 0.6 is 0 Å². The first-order chi connectivity index (χ1) is 14.9. The lowest BCUT2D eigenvalue weighted by atomic mass is 9.99. The third kappa shape index (κ3) is 3.77.